The van der Waals surface area contributed by atoms with Gasteiger partial charge in [0.1, 0.15) is 0 Å². The maximum absolute atomic E-state index is 12.3. The van der Waals surface area contributed by atoms with Crippen molar-refractivity contribution in [2.75, 3.05) is 19.4 Å². The average molecular weight is 472 g/mol. The maximum Gasteiger partial charge on any atom is 0.345 e. The van der Waals surface area contributed by atoms with Gasteiger partial charge in [0, 0.05) is 19.5 Å². The van der Waals surface area contributed by atoms with Crippen LogP contribution in [0, 0.1) is 0 Å². The number of nitrogens with zero attached hydrogens (tertiary/aromatic N) is 3. The summed E-state index contributed by atoms with van der Waals surface area (Å²) in [5.41, 5.74) is 0.911. The predicted octanol–water partition coefficient (Wildman–Crippen LogP) is 1.91. The van der Waals surface area contributed by atoms with E-state index in [0.717, 1.165) is 21.2 Å². The Morgan fingerprint density at radius 1 is 1.30 bits per heavy atom. The van der Waals surface area contributed by atoms with Gasteiger partial charge in [0.2, 0.25) is 0 Å². The van der Waals surface area contributed by atoms with E-state index < -0.39 is 26.0 Å². The summed E-state index contributed by atoms with van der Waals surface area (Å²) in [7, 11) is -5.18. The topological polar surface area (TPSA) is 141 Å². The van der Waals surface area contributed by atoms with E-state index in [9.17, 15) is 21.9 Å². The summed E-state index contributed by atoms with van der Waals surface area (Å²) in [6.45, 7) is 1.92. The maximum atomic E-state index is 12.3. The van der Waals surface area contributed by atoms with Crippen molar-refractivity contribution < 1.29 is 21.9 Å². The number of sulfonamides is 1. The van der Waals surface area contributed by atoms with Gasteiger partial charge in [0.25, 0.3) is 10.0 Å². The molecule has 0 fully saturated rings. The third kappa shape index (κ3) is 4.48. The molecule has 0 saturated carbocycles. The molecule has 1 aliphatic rings. The van der Waals surface area contributed by atoms with Crippen molar-refractivity contribution >= 4 is 48.9 Å². The van der Waals surface area contributed by atoms with E-state index in [-0.39, 0.29) is 27.6 Å². The molecule has 0 bridgehead atoms. The summed E-state index contributed by atoms with van der Waals surface area (Å²) in [5.74, 6) is -0.672. The molecule has 0 radical (unpaired) electrons. The lowest BCUT2D eigenvalue weighted by atomic mass is 10.1. The highest BCUT2D eigenvalue weighted by Gasteiger charge is 2.31. The zero-order chi connectivity index (χ0) is 22.1. The second kappa shape index (κ2) is 8.34. The summed E-state index contributed by atoms with van der Waals surface area (Å²) >= 11 is 0.804. The Labute approximate surface area is 179 Å². The minimum absolute atomic E-state index is 0.0125. The number of rotatable bonds is 6. The van der Waals surface area contributed by atoms with Crippen LogP contribution in [0.5, 0.6) is 5.75 Å². The molecule has 1 atom stereocenters. The molecule has 1 aromatic heterocycles. The largest absolute Gasteiger partial charge is 0.504 e. The van der Waals surface area contributed by atoms with E-state index in [0.29, 0.717) is 6.42 Å². The van der Waals surface area contributed by atoms with Crippen molar-refractivity contribution in [3.63, 3.8) is 0 Å². The Bertz CT molecular complexity index is 1200. The van der Waals surface area contributed by atoms with Gasteiger partial charge in [0.15, 0.2) is 21.6 Å². The SMILES string of the molecule is CC[C@@H](N=C1NS(=O)(=O)N=C1Nc1csc(S(=O)(=O)N(C)C)c1O)c1ccccc1. The van der Waals surface area contributed by atoms with E-state index in [2.05, 4.69) is 19.4 Å². The highest BCUT2D eigenvalue weighted by Crippen LogP contribution is 2.38. The standard InChI is InChI=1S/C17H21N5O5S3/c1-4-12(11-8-6-5-7-9-11)18-15-16(21-30(26,27)20-15)19-13-10-28-17(14(13)23)29(24,25)22(2)3/h5-10,12,23H,4H2,1-3H3,(H,18,20)(H,19,21)/t12-/m1/s1. The van der Waals surface area contributed by atoms with Gasteiger partial charge in [-0.25, -0.2) is 17.4 Å². The molecular formula is C17H21N5O5S3. The number of thiophene rings is 1. The summed E-state index contributed by atoms with van der Waals surface area (Å²) in [6.07, 6.45) is 0.609. The van der Waals surface area contributed by atoms with Crippen LogP contribution < -0.4 is 10.0 Å². The molecule has 3 rings (SSSR count). The quantitative estimate of drug-likeness (QED) is 0.588. The van der Waals surface area contributed by atoms with Crippen LogP contribution in [-0.4, -0.2) is 52.0 Å². The summed E-state index contributed by atoms with van der Waals surface area (Å²) in [4.78, 5) is 4.48. The Hall–Kier alpha value is -2.48. The molecule has 0 spiro atoms. The smallest absolute Gasteiger partial charge is 0.345 e. The van der Waals surface area contributed by atoms with Crippen LogP contribution >= 0.6 is 11.3 Å². The Balaban J connectivity index is 1.96. The van der Waals surface area contributed by atoms with Crippen molar-refractivity contribution in [1.29, 1.82) is 0 Å². The number of hydrogen-bond acceptors (Lipinski definition) is 8. The predicted molar refractivity (Wildman–Crippen MR) is 117 cm³/mol. The monoisotopic (exact) mass is 471 g/mol. The zero-order valence-corrected chi connectivity index (χ0v) is 18.8. The fraction of sp³-hybridized carbons (Fsp3) is 0.294. The van der Waals surface area contributed by atoms with Crippen LogP contribution in [0.15, 0.2) is 49.3 Å². The molecule has 0 unspecified atom stereocenters. The molecule has 13 heteroatoms. The van der Waals surface area contributed by atoms with Crippen molar-refractivity contribution in [3.05, 3.63) is 41.3 Å². The van der Waals surface area contributed by atoms with E-state index in [1.165, 1.54) is 19.5 Å². The number of amidine groups is 2. The summed E-state index contributed by atoms with van der Waals surface area (Å²) < 4.78 is 55.2. The first-order valence-corrected chi connectivity index (χ1v) is 12.6. The van der Waals surface area contributed by atoms with Gasteiger partial charge < -0.3 is 10.4 Å². The van der Waals surface area contributed by atoms with Gasteiger partial charge in [-0.2, -0.15) is 8.42 Å². The van der Waals surface area contributed by atoms with Crippen molar-refractivity contribution in [3.8, 4) is 5.75 Å². The molecule has 162 valence electrons. The van der Waals surface area contributed by atoms with Crippen LogP contribution in [-0.2, 0) is 20.2 Å². The highest BCUT2D eigenvalue weighted by molar-refractivity contribution is 7.91. The molecule has 0 saturated heterocycles. The first-order chi connectivity index (χ1) is 14.0. The molecule has 1 aliphatic heterocycles. The summed E-state index contributed by atoms with van der Waals surface area (Å²) in [6, 6.07) is 9.04. The van der Waals surface area contributed by atoms with Crippen LogP contribution in [0.3, 0.4) is 0 Å². The Morgan fingerprint density at radius 2 is 1.97 bits per heavy atom. The first-order valence-electron chi connectivity index (χ1n) is 8.81. The number of nitrogens with one attached hydrogen (secondary N) is 2. The van der Waals surface area contributed by atoms with Gasteiger partial charge in [0.05, 0.1) is 11.7 Å². The fourth-order valence-corrected chi connectivity index (χ4v) is 5.85. The minimum Gasteiger partial charge on any atom is -0.504 e. The zero-order valence-electron chi connectivity index (χ0n) is 16.4. The highest BCUT2D eigenvalue weighted by atomic mass is 32.2. The molecule has 1 aromatic carbocycles. The lowest BCUT2D eigenvalue weighted by molar-refractivity contribution is 0.460. The van der Waals surface area contributed by atoms with E-state index >= 15 is 0 Å². The van der Waals surface area contributed by atoms with Crippen molar-refractivity contribution in [2.24, 2.45) is 9.39 Å². The third-order valence-electron chi connectivity index (χ3n) is 4.22. The Kier molecular flexibility index (Phi) is 6.17. The lowest BCUT2D eigenvalue weighted by Gasteiger charge is -2.13. The normalized spacial score (nSPS) is 18.3. The molecule has 2 aromatic rings. The van der Waals surface area contributed by atoms with Crippen LogP contribution in [0.4, 0.5) is 5.69 Å². The van der Waals surface area contributed by atoms with Gasteiger partial charge in [-0.05, 0) is 12.0 Å². The third-order valence-corrected chi connectivity index (χ3v) is 8.40. The molecule has 0 aliphatic carbocycles. The van der Waals surface area contributed by atoms with Crippen molar-refractivity contribution in [1.82, 2.24) is 9.03 Å². The van der Waals surface area contributed by atoms with E-state index in [1.807, 2.05) is 37.3 Å². The molecule has 0 amide bonds. The van der Waals surface area contributed by atoms with Crippen molar-refractivity contribution in [2.45, 2.75) is 23.6 Å². The summed E-state index contributed by atoms with van der Waals surface area (Å²) in [5, 5.41) is 14.4. The second-order valence-corrected chi connectivity index (χ2v) is 11.1. The number of aliphatic imine (C=N–C) groups is 1. The van der Waals surface area contributed by atoms with Crippen LogP contribution in [0.2, 0.25) is 0 Å². The molecule has 2 heterocycles. The molecule has 10 nitrogen and oxygen atoms in total. The van der Waals surface area contributed by atoms with Gasteiger partial charge in [-0.15, -0.1) is 15.7 Å². The average Bonchev–Trinajstić information content (AvgIpc) is 3.19. The van der Waals surface area contributed by atoms with Gasteiger partial charge >= 0.3 is 10.2 Å². The number of benzene rings is 1. The van der Waals surface area contributed by atoms with E-state index in [4.69, 9.17) is 0 Å². The van der Waals surface area contributed by atoms with E-state index in [1.54, 1.807) is 0 Å². The first kappa shape index (κ1) is 22.2. The van der Waals surface area contributed by atoms with Gasteiger partial charge in [-0.1, -0.05) is 37.3 Å². The second-order valence-electron chi connectivity index (χ2n) is 6.53. The van der Waals surface area contributed by atoms with Gasteiger partial charge in [-0.3, -0.25) is 4.99 Å². The Morgan fingerprint density at radius 3 is 2.57 bits per heavy atom. The van der Waals surface area contributed by atoms with Crippen LogP contribution in [0.1, 0.15) is 24.9 Å². The number of aromatic hydroxyl groups is 1. The molecule has 30 heavy (non-hydrogen) atoms. The molecule has 3 N–H and O–H groups in total. The minimum atomic E-state index is -4.01. The van der Waals surface area contributed by atoms with Crippen LogP contribution in [0.25, 0.3) is 0 Å². The number of anilines is 1. The number of hydrogen-bond donors (Lipinski definition) is 3. The molecular weight excluding hydrogens is 450 g/mol. The fourth-order valence-electron chi connectivity index (χ4n) is 2.66. The lowest BCUT2D eigenvalue weighted by Crippen LogP contribution is -2.31.